The maximum absolute atomic E-state index is 12.3. The number of amides is 1. The molecule has 0 unspecified atom stereocenters. The largest absolute Gasteiger partial charge is 0.411 e. The van der Waals surface area contributed by atoms with Crippen LogP contribution >= 0.6 is 23.4 Å². The molecular weight excluding hydrogens is 370 g/mol. The number of rotatable bonds is 6. The van der Waals surface area contributed by atoms with Gasteiger partial charge in [-0.3, -0.25) is 4.79 Å². The lowest BCUT2D eigenvalue weighted by Crippen LogP contribution is -2.27. The summed E-state index contributed by atoms with van der Waals surface area (Å²) >= 11 is 7.10. The minimum absolute atomic E-state index is 0.00168. The maximum atomic E-state index is 12.3. The fraction of sp³-hybridized carbons (Fsp3) is 0.211. The number of thioether (sulfide) groups is 1. The lowest BCUT2D eigenvalue weighted by atomic mass is 10.1. The van der Waals surface area contributed by atoms with E-state index in [1.54, 1.807) is 24.1 Å². The van der Waals surface area contributed by atoms with Crippen LogP contribution in [-0.2, 0) is 11.3 Å². The van der Waals surface area contributed by atoms with Crippen molar-refractivity contribution in [2.45, 2.75) is 18.7 Å². The molecule has 3 aromatic rings. The molecule has 7 heteroatoms. The molecule has 0 bridgehead atoms. The van der Waals surface area contributed by atoms with Gasteiger partial charge in [0.05, 0.1) is 5.75 Å². The van der Waals surface area contributed by atoms with Gasteiger partial charge in [0.15, 0.2) is 0 Å². The predicted octanol–water partition coefficient (Wildman–Crippen LogP) is 4.45. The molecule has 0 N–H and O–H groups in total. The third-order valence-corrected chi connectivity index (χ3v) is 4.84. The molecule has 0 aliphatic rings. The Balaban J connectivity index is 1.54. The van der Waals surface area contributed by atoms with Gasteiger partial charge in [0.2, 0.25) is 11.8 Å². The summed E-state index contributed by atoms with van der Waals surface area (Å²) in [4.78, 5) is 14.0. The number of hydrogen-bond donors (Lipinski definition) is 0. The van der Waals surface area contributed by atoms with E-state index < -0.39 is 0 Å². The second-order valence-electron chi connectivity index (χ2n) is 5.90. The summed E-state index contributed by atoms with van der Waals surface area (Å²) in [7, 11) is 1.79. The van der Waals surface area contributed by atoms with Crippen LogP contribution in [0.5, 0.6) is 0 Å². The fourth-order valence-electron chi connectivity index (χ4n) is 2.27. The van der Waals surface area contributed by atoms with Crippen molar-refractivity contribution in [3.05, 3.63) is 64.7 Å². The Morgan fingerprint density at radius 2 is 1.81 bits per heavy atom. The Kier molecular flexibility index (Phi) is 5.96. The van der Waals surface area contributed by atoms with E-state index in [1.807, 2.05) is 43.3 Å². The van der Waals surface area contributed by atoms with Gasteiger partial charge in [0, 0.05) is 24.2 Å². The summed E-state index contributed by atoms with van der Waals surface area (Å²) in [6.45, 7) is 2.61. The summed E-state index contributed by atoms with van der Waals surface area (Å²) in [5.41, 5.74) is 3.09. The molecule has 0 saturated carbocycles. The van der Waals surface area contributed by atoms with Crippen molar-refractivity contribution in [2.75, 3.05) is 12.8 Å². The molecule has 0 spiro atoms. The minimum Gasteiger partial charge on any atom is -0.411 e. The molecule has 5 nitrogen and oxygen atoms in total. The van der Waals surface area contributed by atoms with Crippen molar-refractivity contribution in [2.24, 2.45) is 0 Å². The van der Waals surface area contributed by atoms with Crippen LogP contribution < -0.4 is 0 Å². The summed E-state index contributed by atoms with van der Waals surface area (Å²) < 4.78 is 5.60. The zero-order valence-electron chi connectivity index (χ0n) is 14.5. The third kappa shape index (κ3) is 4.86. The number of carbonyl (C=O) groups excluding carboxylic acids is 1. The van der Waals surface area contributed by atoms with Crippen LogP contribution in [0.3, 0.4) is 0 Å². The van der Waals surface area contributed by atoms with E-state index in [0.717, 1.165) is 11.1 Å². The highest BCUT2D eigenvalue weighted by molar-refractivity contribution is 7.99. The topological polar surface area (TPSA) is 59.2 Å². The lowest BCUT2D eigenvalue weighted by Gasteiger charge is -2.16. The molecule has 0 aliphatic heterocycles. The smallest absolute Gasteiger partial charge is 0.277 e. The molecule has 3 rings (SSSR count). The van der Waals surface area contributed by atoms with Crippen molar-refractivity contribution >= 4 is 29.3 Å². The molecule has 0 fully saturated rings. The summed E-state index contributed by atoms with van der Waals surface area (Å²) in [5, 5.41) is 9.00. The van der Waals surface area contributed by atoms with E-state index >= 15 is 0 Å². The molecule has 0 saturated heterocycles. The van der Waals surface area contributed by atoms with Crippen molar-refractivity contribution in [1.29, 1.82) is 0 Å². The number of carbonyl (C=O) groups is 1. The van der Waals surface area contributed by atoms with Crippen LogP contribution in [0.1, 0.15) is 11.1 Å². The number of halogens is 1. The lowest BCUT2D eigenvalue weighted by molar-refractivity contribution is -0.127. The second-order valence-corrected chi connectivity index (χ2v) is 7.27. The van der Waals surface area contributed by atoms with Crippen molar-refractivity contribution < 1.29 is 9.21 Å². The third-order valence-electron chi connectivity index (χ3n) is 3.78. The van der Waals surface area contributed by atoms with E-state index in [0.29, 0.717) is 22.7 Å². The number of nitrogens with zero attached hydrogens (tertiary/aromatic N) is 3. The van der Waals surface area contributed by atoms with Crippen LogP contribution in [-0.4, -0.2) is 33.8 Å². The van der Waals surface area contributed by atoms with E-state index in [1.165, 1.54) is 17.3 Å². The standard InChI is InChI=1S/C19H18ClN3O2S/c1-13-3-5-14(6-4-13)11-23(2)17(24)12-26-19-22-21-18(25-19)15-7-9-16(20)10-8-15/h3-10H,11-12H2,1-2H3. The molecule has 1 amide bonds. The molecule has 1 heterocycles. The van der Waals surface area contributed by atoms with Gasteiger partial charge in [0.1, 0.15) is 0 Å². The monoisotopic (exact) mass is 387 g/mol. The van der Waals surface area contributed by atoms with Gasteiger partial charge in [-0.05, 0) is 36.8 Å². The molecule has 1 aromatic heterocycles. The Bertz CT molecular complexity index is 879. The van der Waals surface area contributed by atoms with Gasteiger partial charge in [-0.1, -0.05) is 53.2 Å². The molecule has 0 radical (unpaired) electrons. The molecule has 2 aromatic carbocycles. The summed E-state index contributed by atoms with van der Waals surface area (Å²) in [5.74, 6) is 0.649. The van der Waals surface area contributed by atoms with Crippen molar-refractivity contribution in [1.82, 2.24) is 15.1 Å². The average Bonchev–Trinajstić information content (AvgIpc) is 3.11. The van der Waals surface area contributed by atoms with E-state index in [4.69, 9.17) is 16.0 Å². The van der Waals surface area contributed by atoms with E-state index in [9.17, 15) is 4.79 Å². The number of hydrogen-bond acceptors (Lipinski definition) is 5. The highest BCUT2D eigenvalue weighted by Crippen LogP contribution is 2.24. The summed E-state index contributed by atoms with van der Waals surface area (Å²) in [6.07, 6.45) is 0. The van der Waals surface area contributed by atoms with Gasteiger partial charge in [-0.25, -0.2) is 0 Å². The zero-order chi connectivity index (χ0) is 18.5. The van der Waals surface area contributed by atoms with Crippen LogP contribution in [0.15, 0.2) is 58.2 Å². The fourth-order valence-corrected chi connectivity index (χ4v) is 3.10. The zero-order valence-corrected chi connectivity index (χ0v) is 16.0. The number of benzene rings is 2. The van der Waals surface area contributed by atoms with E-state index in [2.05, 4.69) is 10.2 Å². The van der Waals surface area contributed by atoms with Gasteiger partial charge < -0.3 is 9.32 Å². The first kappa shape index (κ1) is 18.5. The number of aromatic nitrogens is 2. The van der Waals surface area contributed by atoms with Gasteiger partial charge in [-0.2, -0.15) is 0 Å². The van der Waals surface area contributed by atoms with Crippen LogP contribution in [0, 0.1) is 6.92 Å². The normalized spacial score (nSPS) is 10.7. The first-order chi connectivity index (χ1) is 12.5. The van der Waals surface area contributed by atoms with Gasteiger partial charge >= 0.3 is 0 Å². The summed E-state index contributed by atoms with van der Waals surface area (Å²) in [6, 6.07) is 15.3. The first-order valence-electron chi connectivity index (χ1n) is 8.03. The van der Waals surface area contributed by atoms with Crippen molar-refractivity contribution in [3.63, 3.8) is 0 Å². The quantitative estimate of drug-likeness (QED) is 0.585. The van der Waals surface area contributed by atoms with Crippen LogP contribution in [0.25, 0.3) is 11.5 Å². The second kappa shape index (κ2) is 8.38. The predicted molar refractivity (Wildman–Crippen MR) is 103 cm³/mol. The van der Waals surface area contributed by atoms with Crippen LogP contribution in [0.2, 0.25) is 5.02 Å². The molecule has 0 aliphatic carbocycles. The Morgan fingerprint density at radius 3 is 2.50 bits per heavy atom. The Hall–Kier alpha value is -2.31. The van der Waals surface area contributed by atoms with Gasteiger partial charge in [-0.15, -0.1) is 10.2 Å². The Labute approximate surface area is 161 Å². The first-order valence-corrected chi connectivity index (χ1v) is 9.39. The SMILES string of the molecule is Cc1ccc(CN(C)C(=O)CSc2nnc(-c3ccc(Cl)cc3)o2)cc1. The Morgan fingerprint density at radius 1 is 1.12 bits per heavy atom. The molecule has 26 heavy (non-hydrogen) atoms. The molecule has 0 atom stereocenters. The maximum Gasteiger partial charge on any atom is 0.277 e. The minimum atomic E-state index is 0.00168. The van der Waals surface area contributed by atoms with Gasteiger partial charge in [0.25, 0.3) is 5.22 Å². The molecule has 134 valence electrons. The van der Waals surface area contributed by atoms with E-state index in [-0.39, 0.29) is 11.7 Å². The number of aryl methyl sites for hydroxylation is 1. The van der Waals surface area contributed by atoms with Crippen LogP contribution in [0.4, 0.5) is 0 Å². The highest BCUT2D eigenvalue weighted by atomic mass is 35.5. The highest BCUT2D eigenvalue weighted by Gasteiger charge is 2.14. The molecular formula is C19H18ClN3O2S. The van der Waals surface area contributed by atoms with Crippen molar-refractivity contribution in [3.8, 4) is 11.5 Å². The average molecular weight is 388 g/mol.